The minimum absolute atomic E-state index is 0. The van der Waals surface area contributed by atoms with Crippen LogP contribution in [0.2, 0.25) is 0 Å². The molecule has 0 aliphatic heterocycles. The lowest BCUT2D eigenvalue weighted by molar-refractivity contribution is 0.409. The molecule has 0 aliphatic rings. The van der Waals surface area contributed by atoms with Crippen molar-refractivity contribution in [1.29, 1.82) is 0 Å². The molecule has 0 saturated carbocycles. The van der Waals surface area contributed by atoms with Crippen molar-refractivity contribution in [3.8, 4) is 5.75 Å². The van der Waals surface area contributed by atoms with E-state index in [-0.39, 0.29) is 24.0 Å². The molecule has 0 fully saturated rings. The lowest BCUT2D eigenvalue weighted by atomic mass is 10.1. The van der Waals surface area contributed by atoms with Crippen LogP contribution >= 0.6 is 24.0 Å². The van der Waals surface area contributed by atoms with Crippen LogP contribution in [0.3, 0.4) is 0 Å². The molecule has 0 amide bonds. The monoisotopic (exact) mass is 454 g/mol. The average molecular weight is 454 g/mol. The summed E-state index contributed by atoms with van der Waals surface area (Å²) in [6.45, 7) is 6.32. The zero-order valence-corrected chi connectivity index (χ0v) is 17.4. The fourth-order valence-corrected chi connectivity index (χ4v) is 2.36. The normalized spacial score (nSPS) is 10.8. The van der Waals surface area contributed by atoms with Crippen molar-refractivity contribution in [2.24, 2.45) is 4.99 Å². The van der Waals surface area contributed by atoms with Gasteiger partial charge in [0.2, 0.25) is 0 Å². The number of aromatic nitrogens is 1. The Kier molecular flexibility index (Phi) is 9.91. The Bertz CT molecular complexity index is 662. The van der Waals surface area contributed by atoms with E-state index in [1.54, 1.807) is 13.3 Å². The van der Waals surface area contributed by atoms with Crippen LogP contribution in [0.25, 0.3) is 0 Å². The molecule has 0 spiro atoms. The van der Waals surface area contributed by atoms with Gasteiger partial charge in [-0.1, -0.05) is 18.2 Å². The van der Waals surface area contributed by atoms with Crippen LogP contribution < -0.4 is 15.4 Å². The highest BCUT2D eigenvalue weighted by Crippen LogP contribution is 2.20. The van der Waals surface area contributed by atoms with Gasteiger partial charge < -0.3 is 15.4 Å². The molecule has 0 unspecified atom stereocenters. The van der Waals surface area contributed by atoms with Crippen molar-refractivity contribution >= 4 is 29.9 Å². The molecule has 1 heterocycles. The van der Waals surface area contributed by atoms with E-state index in [2.05, 4.69) is 52.7 Å². The maximum Gasteiger partial charge on any atom is 0.191 e. The largest absolute Gasteiger partial charge is 0.496 e. The lowest BCUT2D eigenvalue weighted by Crippen LogP contribution is -2.38. The molecule has 0 aliphatic carbocycles. The number of guanidine groups is 1. The first-order chi connectivity index (χ1) is 11.7. The van der Waals surface area contributed by atoms with Gasteiger partial charge in [0, 0.05) is 31.0 Å². The van der Waals surface area contributed by atoms with Gasteiger partial charge in [0.1, 0.15) is 5.75 Å². The summed E-state index contributed by atoms with van der Waals surface area (Å²) in [6.07, 6.45) is 4.59. The second-order valence-electron chi connectivity index (χ2n) is 5.55. The second-order valence-corrected chi connectivity index (χ2v) is 5.55. The highest BCUT2D eigenvalue weighted by Gasteiger charge is 2.04. The number of hydrogen-bond donors (Lipinski definition) is 2. The van der Waals surface area contributed by atoms with E-state index in [4.69, 9.17) is 4.74 Å². The molecular weight excluding hydrogens is 427 g/mol. The van der Waals surface area contributed by atoms with Crippen LogP contribution in [-0.4, -0.2) is 31.1 Å². The summed E-state index contributed by atoms with van der Waals surface area (Å²) in [5, 5.41) is 6.63. The molecule has 25 heavy (non-hydrogen) atoms. The summed E-state index contributed by atoms with van der Waals surface area (Å²) in [5.41, 5.74) is 3.47. The first-order valence-electron chi connectivity index (χ1n) is 8.27. The molecule has 0 bridgehead atoms. The standard InChI is InChI=1S/C19H26N4O.HI/c1-4-21-19(22-11-9-16-6-5-10-20-13-16)23-14-17-8-7-15(2)12-18(17)24-3;/h5-8,10,12-13H,4,9,11,14H2,1-3H3,(H2,21,22,23);1H. The highest BCUT2D eigenvalue weighted by molar-refractivity contribution is 14.0. The Labute approximate surface area is 167 Å². The molecule has 136 valence electrons. The van der Waals surface area contributed by atoms with Crippen molar-refractivity contribution in [3.63, 3.8) is 0 Å². The molecular formula is C19H27IN4O. The number of nitrogens with zero attached hydrogens (tertiary/aromatic N) is 2. The van der Waals surface area contributed by atoms with E-state index < -0.39 is 0 Å². The van der Waals surface area contributed by atoms with Crippen LogP contribution in [0, 0.1) is 6.92 Å². The topological polar surface area (TPSA) is 58.5 Å². The van der Waals surface area contributed by atoms with Crippen LogP contribution in [0.1, 0.15) is 23.6 Å². The number of halogens is 1. The van der Waals surface area contributed by atoms with E-state index in [1.165, 1.54) is 11.1 Å². The summed E-state index contributed by atoms with van der Waals surface area (Å²) in [6, 6.07) is 10.2. The molecule has 0 radical (unpaired) electrons. The van der Waals surface area contributed by atoms with Crippen molar-refractivity contribution < 1.29 is 4.74 Å². The Morgan fingerprint density at radius 1 is 1.24 bits per heavy atom. The van der Waals surface area contributed by atoms with Gasteiger partial charge in [0.05, 0.1) is 13.7 Å². The zero-order chi connectivity index (χ0) is 17.2. The second kappa shape index (κ2) is 11.7. The Hall–Kier alpha value is -1.83. The van der Waals surface area contributed by atoms with Crippen LogP contribution in [0.15, 0.2) is 47.7 Å². The first kappa shape index (κ1) is 21.2. The van der Waals surface area contributed by atoms with Crippen molar-refractivity contribution in [3.05, 3.63) is 59.4 Å². The maximum atomic E-state index is 5.44. The van der Waals surface area contributed by atoms with Crippen molar-refractivity contribution in [2.75, 3.05) is 20.2 Å². The molecule has 2 rings (SSSR count). The number of rotatable bonds is 7. The number of pyridine rings is 1. The molecule has 1 aromatic carbocycles. The molecule has 0 atom stereocenters. The predicted octanol–water partition coefficient (Wildman–Crippen LogP) is 3.31. The highest BCUT2D eigenvalue weighted by atomic mass is 127. The smallest absolute Gasteiger partial charge is 0.191 e. The van der Waals surface area contributed by atoms with E-state index in [9.17, 15) is 0 Å². The fraction of sp³-hybridized carbons (Fsp3) is 0.368. The molecule has 2 N–H and O–H groups in total. The minimum atomic E-state index is 0. The number of ether oxygens (including phenoxy) is 1. The van der Waals surface area contributed by atoms with Crippen molar-refractivity contribution in [1.82, 2.24) is 15.6 Å². The number of aliphatic imine (C=N–C) groups is 1. The van der Waals surface area contributed by atoms with Gasteiger partial charge in [-0.15, -0.1) is 24.0 Å². The number of nitrogens with one attached hydrogen (secondary N) is 2. The summed E-state index contributed by atoms with van der Waals surface area (Å²) in [7, 11) is 1.69. The molecule has 2 aromatic rings. The third-order valence-corrected chi connectivity index (χ3v) is 3.62. The summed E-state index contributed by atoms with van der Waals surface area (Å²) in [4.78, 5) is 8.79. The Morgan fingerprint density at radius 3 is 2.76 bits per heavy atom. The number of hydrogen-bond acceptors (Lipinski definition) is 3. The Balaban J connectivity index is 0.00000312. The lowest BCUT2D eigenvalue weighted by Gasteiger charge is -2.12. The molecule has 0 saturated heterocycles. The third-order valence-electron chi connectivity index (χ3n) is 3.62. The van der Waals surface area contributed by atoms with E-state index in [1.807, 2.05) is 18.3 Å². The molecule has 6 heteroatoms. The Morgan fingerprint density at radius 2 is 2.08 bits per heavy atom. The van der Waals surface area contributed by atoms with Gasteiger partial charge in [0.15, 0.2) is 5.96 Å². The first-order valence-corrected chi connectivity index (χ1v) is 8.27. The van der Waals surface area contributed by atoms with Gasteiger partial charge in [-0.3, -0.25) is 4.98 Å². The number of benzene rings is 1. The fourth-order valence-electron chi connectivity index (χ4n) is 2.36. The van der Waals surface area contributed by atoms with E-state index in [0.717, 1.165) is 36.8 Å². The minimum Gasteiger partial charge on any atom is -0.496 e. The van der Waals surface area contributed by atoms with Gasteiger partial charge in [0.25, 0.3) is 0 Å². The van der Waals surface area contributed by atoms with E-state index >= 15 is 0 Å². The SMILES string of the molecule is CCNC(=NCc1ccc(C)cc1OC)NCCc1cccnc1.I. The number of methoxy groups -OCH3 is 1. The van der Waals surface area contributed by atoms with Crippen molar-refractivity contribution in [2.45, 2.75) is 26.8 Å². The zero-order valence-electron chi connectivity index (χ0n) is 15.1. The van der Waals surface area contributed by atoms with Gasteiger partial charge in [-0.05, 0) is 43.5 Å². The third kappa shape index (κ3) is 7.29. The van der Waals surface area contributed by atoms with Crippen LogP contribution in [-0.2, 0) is 13.0 Å². The average Bonchev–Trinajstić information content (AvgIpc) is 2.61. The van der Waals surface area contributed by atoms with Gasteiger partial charge >= 0.3 is 0 Å². The van der Waals surface area contributed by atoms with E-state index in [0.29, 0.717) is 6.54 Å². The van der Waals surface area contributed by atoms with Gasteiger partial charge in [-0.25, -0.2) is 4.99 Å². The molecule has 5 nitrogen and oxygen atoms in total. The predicted molar refractivity (Wildman–Crippen MR) is 114 cm³/mol. The van der Waals surface area contributed by atoms with Crippen LogP contribution in [0.5, 0.6) is 5.75 Å². The molecule has 1 aromatic heterocycles. The van der Waals surface area contributed by atoms with Gasteiger partial charge in [-0.2, -0.15) is 0 Å². The summed E-state index contributed by atoms with van der Waals surface area (Å²) >= 11 is 0. The maximum absolute atomic E-state index is 5.44. The summed E-state index contributed by atoms with van der Waals surface area (Å²) < 4.78 is 5.44. The quantitative estimate of drug-likeness (QED) is 0.383. The number of aryl methyl sites for hydroxylation is 1. The summed E-state index contributed by atoms with van der Waals surface area (Å²) in [5.74, 6) is 1.69. The van der Waals surface area contributed by atoms with Crippen LogP contribution in [0.4, 0.5) is 0 Å².